The largest absolute Gasteiger partial charge is 0.506 e. The van der Waals surface area contributed by atoms with Crippen LogP contribution in [-0.2, 0) is 0 Å². The zero-order valence-corrected chi connectivity index (χ0v) is 9.91. The van der Waals surface area contributed by atoms with Crippen LogP contribution < -0.4 is 5.73 Å². The third-order valence-electron chi connectivity index (χ3n) is 2.58. The van der Waals surface area contributed by atoms with Crippen molar-refractivity contribution in [2.45, 2.75) is 12.8 Å². The molecule has 0 radical (unpaired) electrons. The van der Waals surface area contributed by atoms with E-state index in [4.69, 9.17) is 10.2 Å². The standard InChI is InChI=1S/C11H12BrNO2/c1-6(5-13)8-4-9-7(2-3-15-9)10(12)11(8)14/h2-4,6,14H,5,13H2,1H3. The minimum Gasteiger partial charge on any atom is -0.506 e. The molecule has 0 spiro atoms. The molecule has 1 atom stereocenters. The van der Waals surface area contributed by atoms with E-state index >= 15 is 0 Å². The molecule has 1 heterocycles. The lowest BCUT2D eigenvalue weighted by Crippen LogP contribution is -2.09. The monoisotopic (exact) mass is 269 g/mol. The maximum absolute atomic E-state index is 9.97. The van der Waals surface area contributed by atoms with E-state index in [9.17, 15) is 5.11 Å². The summed E-state index contributed by atoms with van der Waals surface area (Å²) in [4.78, 5) is 0. The Labute approximate surface area is 96.0 Å². The smallest absolute Gasteiger partial charge is 0.135 e. The first-order valence-corrected chi connectivity index (χ1v) is 5.53. The summed E-state index contributed by atoms with van der Waals surface area (Å²) in [6.45, 7) is 2.46. The molecular weight excluding hydrogens is 258 g/mol. The Hall–Kier alpha value is -1.00. The molecule has 1 aromatic heterocycles. The summed E-state index contributed by atoms with van der Waals surface area (Å²) in [6.07, 6.45) is 1.60. The summed E-state index contributed by atoms with van der Waals surface area (Å²) >= 11 is 3.36. The molecule has 15 heavy (non-hydrogen) atoms. The van der Waals surface area contributed by atoms with Crippen LogP contribution in [-0.4, -0.2) is 11.7 Å². The Morgan fingerprint density at radius 3 is 3.00 bits per heavy atom. The van der Waals surface area contributed by atoms with Crippen LogP contribution >= 0.6 is 15.9 Å². The highest BCUT2D eigenvalue weighted by Crippen LogP contribution is 2.39. The van der Waals surface area contributed by atoms with Crippen molar-refractivity contribution in [3.8, 4) is 5.75 Å². The highest BCUT2D eigenvalue weighted by molar-refractivity contribution is 9.10. The van der Waals surface area contributed by atoms with Gasteiger partial charge in [0.2, 0.25) is 0 Å². The quantitative estimate of drug-likeness (QED) is 0.881. The van der Waals surface area contributed by atoms with E-state index in [1.54, 1.807) is 6.26 Å². The van der Waals surface area contributed by atoms with E-state index in [0.717, 1.165) is 16.5 Å². The van der Waals surface area contributed by atoms with Crippen molar-refractivity contribution in [1.29, 1.82) is 0 Å². The molecule has 0 saturated carbocycles. The van der Waals surface area contributed by atoms with Crippen molar-refractivity contribution in [2.75, 3.05) is 6.54 Å². The van der Waals surface area contributed by atoms with E-state index in [1.807, 2.05) is 19.1 Å². The van der Waals surface area contributed by atoms with Gasteiger partial charge in [0.15, 0.2) is 0 Å². The molecule has 0 aliphatic carbocycles. The minimum absolute atomic E-state index is 0.107. The number of nitrogens with two attached hydrogens (primary N) is 1. The molecule has 4 heteroatoms. The fraction of sp³-hybridized carbons (Fsp3) is 0.273. The van der Waals surface area contributed by atoms with Crippen molar-refractivity contribution in [1.82, 2.24) is 0 Å². The number of phenols is 1. The predicted octanol–water partition coefficient (Wildman–Crippen LogP) is 2.96. The van der Waals surface area contributed by atoms with Crippen molar-refractivity contribution >= 4 is 26.9 Å². The van der Waals surface area contributed by atoms with Gasteiger partial charge in [-0.3, -0.25) is 0 Å². The zero-order chi connectivity index (χ0) is 11.0. The third-order valence-corrected chi connectivity index (χ3v) is 3.39. The molecule has 1 aromatic carbocycles. The highest BCUT2D eigenvalue weighted by Gasteiger charge is 2.16. The second kappa shape index (κ2) is 3.87. The lowest BCUT2D eigenvalue weighted by Gasteiger charge is -2.12. The second-order valence-corrected chi connectivity index (χ2v) is 4.39. The highest BCUT2D eigenvalue weighted by atomic mass is 79.9. The van der Waals surface area contributed by atoms with Gasteiger partial charge in [-0.1, -0.05) is 6.92 Å². The molecule has 0 fully saturated rings. The lowest BCUT2D eigenvalue weighted by atomic mass is 9.99. The van der Waals surface area contributed by atoms with E-state index in [-0.39, 0.29) is 11.7 Å². The number of halogens is 1. The Balaban J connectivity index is 2.70. The van der Waals surface area contributed by atoms with Crippen molar-refractivity contribution in [3.63, 3.8) is 0 Å². The maximum atomic E-state index is 9.97. The Bertz CT molecular complexity index is 493. The summed E-state index contributed by atoms with van der Waals surface area (Å²) in [5, 5.41) is 10.8. The maximum Gasteiger partial charge on any atom is 0.135 e. The SMILES string of the molecule is CC(CN)c1cc2occc2c(Br)c1O. The summed E-state index contributed by atoms with van der Waals surface area (Å²) in [5.74, 6) is 0.359. The van der Waals surface area contributed by atoms with Crippen molar-refractivity contribution < 1.29 is 9.52 Å². The third kappa shape index (κ3) is 1.64. The van der Waals surface area contributed by atoms with Crippen LogP contribution in [0.4, 0.5) is 0 Å². The van der Waals surface area contributed by atoms with Crippen molar-refractivity contribution in [2.24, 2.45) is 5.73 Å². The second-order valence-electron chi connectivity index (χ2n) is 3.60. The van der Waals surface area contributed by atoms with Crippen LogP contribution in [0.3, 0.4) is 0 Å². The van der Waals surface area contributed by atoms with Crippen molar-refractivity contribution in [3.05, 3.63) is 28.4 Å². The Kier molecular flexibility index (Phi) is 2.71. The number of hydrogen-bond donors (Lipinski definition) is 2. The first-order valence-electron chi connectivity index (χ1n) is 4.73. The normalized spacial score (nSPS) is 13.3. The van der Waals surface area contributed by atoms with Gasteiger partial charge in [-0.05, 0) is 40.5 Å². The summed E-state index contributed by atoms with van der Waals surface area (Å²) in [6, 6.07) is 3.66. The number of rotatable bonds is 2. The summed E-state index contributed by atoms with van der Waals surface area (Å²) in [7, 11) is 0. The molecule has 0 bridgehead atoms. The topological polar surface area (TPSA) is 59.4 Å². The van der Waals surface area contributed by atoms with Gasteiger partial charge in [-0.25, -0.2) is 0 Å². The number of furan rings is 1. The molecule has 0 amide bonds. The van der Waals surface area contributed by atoms with E-state index < -0.39 is 0 Å². The van der Waals surface area contributed by atoms with Gasteiger partial charge in [0.25, 0.3) is 0 Å². The van der Waals surface area contributed by atoms with Gasteiger partial charge in [-0.2, -0.15) is 0 Å². The first kappa shape index (κ1) is 10.5. The molecular formula is C11H12BrNO2. The fourth-order valence-electron chi connectivity index (χ4n) is 1.58. The van der Waals surface area contributed by atoms with Crippen LogP contribution in [0.2, 0.25) is 0 Å². The van der Waals surface area contributed by atoms with Crippen LogP contribution in [0.25, 0.3) is 11.0 Å². The summed E-state index contributed by atoms with van der Waals surface area (Å²) < 4.78 is 5.98. The van der Waals surface area contributed by atoms with Gasteiger partial charge >= 0.3 is 0 Å². The lowest BCUT2D eigenvalue weighted by molar-refractivity contribution is 0.460. The Morgan fingerprint density at radius 2 is 2.33 bits per heavy atom. The van der Waals surface area contributed by atoms with Gasteiger partial charge in [0.1, 0.15) is 11.3 Å². The first-order chi connectivity index (χ1) is 7.15. The molecule has 3 N–H and O–H groups in total. The van der Waals surface area contributed by atoms with Crippen LogP contribution in [0.1, 0.15) is 18.4 Å². The summed E-state index contributed by atoms with van der Waals surface area (Å²) in [5.41, 5.74) is 7.16. The molecule has 80 valence electrons. The number of phenolic OH excluding ortho intramolecular Hbond substituents is 1. The molecule has 1 unspecified atom stereocenters. The molecule has 2 rings (SSSR count). The molecule has 3 nitrogen and oxygen atoms in total. The van der Waals surface area contributed by atoms with Gasteiger partial charge < -0.3 is 15.3 Å². The molecule has 0 aliphatic heterocycles. The van der Waals surface area contributed by atoms with Crippen LogP contribution in [0, 0.1) is 0 Å². The average molecular weight is 270 g/mol. The number of hydrogen-bond acceptors (Lipinski definition) is 3. The van der Waals surface area contributed by atoms with E-state index in [0.29, 0.717) is 11.0 Å². The molecule has 2 aromatic rings. The van der Waals surface area contributed by atoms with E-state index in [2.05, 4.69) is 15.9 Å². The predicted molar refractivity (Wildman–Crippen MR) is 63.0 cm³/mol. The molecule has 0 saturated heterocycles. The van der Waals surface area contributed by atoms with Crippen LogP contribution in [0.15, 0.2) is 27.3 Å². The van der Waals surface area contributed by atoms with Gasteiger partial charge in [0.05, 0.1) is 10.7 Å². The number of aromatic hydroxyl groups is 1. The zero-order valence-electron chi connectivity index (χ0n) is 8.33. The number of fused-ring (bicyclic) bond motifs is 1. The van der Waals surface area contributed by atoms with Gasteiger partial charge in [-0.15, -0.1) is 0 Å². The minimum atomic E-state index is 0.107. The van der Waals surface area contributed by atoms with Gasteiger partial charge in [0, 0.05) is 10.9 Å². The number of benzene rings is 1. The fourth-order valence-corrected chi connectivity index (χ4v) is 2.14. The molecule has 0 aliphatic rings. The van der Waals surface area contributed by atoms with Crippen LogP contribution in [0.5, 0.6) is 5.75 Å². The Morgan fingerprint density at radius 1 is 1.60 bits per heavy atom. The van der Waals surface area contributed by atoms with E-state index in [1.165, 1.54) is 0 Å². The average Bonchev–Trinajstić information content (AvgIpc) is 2.70.